The number of nitrogens with zero attached hydrogens (tertiary/aromatic N) is 2. The highest BCUT2D eigenvalue weighted by Gasteiger charge is 2.17. The minimum absolute atomic E-state index is 0.692. The molecule has 0 aliphatic carbocycles. The maximum Gasteiger partial charge on any atom is 0.152 e. The van der Waals surface area contributed by atoms with Gasteiger partial charge >= 0.3 is 0 Å². The lowest BCUT2D eigenvalue weighted by Gasteiger charge is -2.15. The molecule has 0 bridgehead atoms. The molecule has 3 aromatic carbocycles. The minimum Gasteiger partial charge on any atom is -0.455 e. The molecule has 2 heterocycles. The summed E-state index contributed by atoms with van der Waals surface area (Å²) >= 11 is 2.22. The van der Waals surface area contributed by atoms with Crippen LogP contribution in [0.4, 0.5) is 0 Å². The zero-order valence-electron chi connectivity index (χ0n) is 15.7. The molecule has 1 N–H and O–H groups in total. The van der Waals surface area contributed by atoms with Crippen molar-refractivity contribution < 1.29 is 9.29 Å². The monoisotopic (exact) mass is 428 g/mol. The summed E-state index contributed by atoms with van der Waals surface area (Å²) in [6.07, 6.45) is 3.52. The van der Waals surface area contributed by atoms with E-state index in [1.807, 2.05) is 85.1 Å². The minimum atomic E-state index is 0.692. The van der Waals surface area contributed by atoms with Crippen molar-refractivity contribution in [2.24, 2.45) is 0 Å². The maximum absolute atomic E-state index is 9.85. The average molecular weight is 429 g/mol. The summed E-state index contributed by atoms with van der Waals surface area (Å²) in [6.45, 7) is 0. The van der Waals surface area contributed by atoms with Gasteiger partial charge < -0.3 is 9.29 Å². The van der Waals surface area contributed by atoms with Gasteiger partial charge in [0.2, 0.25) is 0 Å². The predicted molar refractivity (Wildman–Crippen MR) is 123 cm³/mol. The molecule has 5 aromatic rings. The van der Waals surface area contributed by atoms with Gasteiger partial charge in [-0.3, -0.25) is 9.97 Å². The van der Waals surface area contributed by atoms with Crippen LogP contribution in [0.2, 0.25) is 0 Å². The Kier molecular flexibility index (Phi) is 5.27. The van der Waals surface area contributed by atoms with Gasteiger partial charge in [-0.2, -0.15) is 0 Å². The third-order valence-corrected chi connectivity index (χ3v) is 6.45. The molecule has 2 aromatic heterocycles. The largest absolute Gasteiger partial charge is 0.455 e. The molecule has 0 saturated carbocycles. The first kappa shape index (κ1) is 18.9. The van der Waals surface area contributed by atoms with E-state index in [4.69, 9.17) is 4.74 Å². The predicted octanol–water partition coefficient (Wildman–Crippen LogP) is 7.29. The van der Waals surface area contributed by atoms with Crippen molar-refractivity contribution in [2.45, 2.75) is 14.7 Å². The molecule has 0 radical (unpaired) electrons. The van der Waals surface area contributed by atoms with Gasteiger partial charge in [-0.25, -0.2) is 0 Å². The molecule has 0 unspecified atom stereocenters. The van der Waals surface area contributed by atoms with Gasteiger partial charge in [-0.05, 0) is 30.3 Å². The Bertz CT molecular complexity index is 1340. The van der Waals surface area contributed by atoms with Gasteiger partial charge in [0.25, 0.3) is 0 Å². The zero-order valence-corrected chi connectivity index (χ0v) is 17.4. The Morgan fingerprint density at radius 3 is 2.00 bits per heavy atom. The van der Waals surface area contributed by atoms with Crippen LogP contribution in [0, 0.1) is 0 Å². The normalized spacial score (nSPS) is 11.1. The molecule has 0 spiro atoms. The molecule has 0 aliphatic rings. The van der Waals surface area contributed by atoms with Crippen LogP contribution in [-0.2, 0) is 0 Å². The van der Waals surface area contributed by atoms with E-state index >= 15 is 0 Å². The first-order valence-electron chi connectivity index (χ1n) is 9.31. The van der Waals surface area contributed by atoms with Crippen molar-refractivity contribution >= 4 is 45.6 Å². The highest BCUT2D eigenvalue weighted by Crippen LogP contribution is 2.45. The molecule has 0 atom stereocenters. The summed E-state index contributed by atoms with van der Waals surface area (Å²) in [5, 5.41) is 1.91. The van der Waals surface area contributed by atoms with Crippen LogP contribution in [-0.4, -0.2) is 14.5 Å². The smallest absolute Gasteiger partial charge is 0.152 e. The van der Waals surface area contributed by atoms with Crippen LogP contribution in [0.3, 0.4) is 0 Å². The Labute approximate surface area is 182 Å². The number of fused-ring (bicyclic) bond motifs is 2. The Balaban J connectivity index is 1.69. The lowest BCUT2D eigenvalue weighted by molar-refractivity contribution is 0.476. The first-order chi connectivity index (χ1) is 14.8. The van der Waals surface area contributed by atoms with Crippen LogP contribution in [0.1, 0.15) is 0 Å². The highest BCUT2D eigenvalue weighted by atomic mass is 32.2. The van der Waals surface area contributed by atoms with Crippen LogP contribution < -0.4 is 4.74 Å². The lowest BCUT2D eigenvalue weighted by atomic mass is 10.2. The van der Waals surface area contributed by atoms with E-state index in [9.17, 15) is 4.55 Å². The van der Waals surface area contributed by atoms with Gasteiger partial charge in [-0.15, -0.1) is 0 Å². The van der Waals surface area contributed by atoms with Crippen LogP contribution in [0.5, 0.6) is 11.5 Å². The molecular weight excluding hydrogens is 412 g/mol. The maximum atomic E-state index is 9.85. The second kappa shape index (κ2) is 8.36. The van der Waals surface area contributed by atoms with E-state index < -0.39 is 0 Å². The quantitative estimate of drug-likeness (QED) is 0.297. The third kappa shape index (κ3) is 3.61. The molecule has 5 rings (SSSR count). The van der Waals surface area contributed by atoms with E-state index in [1.165, 1.54) is 11.8 Å². The Hall–Kier alpha value is -3.06. The van der Waals surface area contributed by atoms with Crippen LogP contribution in [0.25, 0.3) is 21.8 Å². The van der Waals surface area contributed by atoms with Crippen molar-refractivity contribution in [3.8, 4) is 11.5 Å². The summed E-state index contributed by atoms with van der Waals surface area (Å²) in [7, 11) is 0. The summed E-state index contributed by atoms with van der Waals surface area (Å²) < 4.78 is 16.2. The Morgan fingerprint density at radius 2 is 1.27 bits per heavy atom. The second-order valence-electron chi connectivity index (χ2n) is 6.55. The molecule has 6 heteroatoms. The molecule has 0 saturated heterocycles. The summed E-state index contributed by atoms with van der Waals surface area (Å²) in [4.78, 5) is 11.6. The molecule has 0 amide bonds. The molecule has 0 aliphatic heterocycles. The van der Waals surface area contributed by atoms with Gasteiger partial charge in [0.1, 0.15) is 5.75 Å². The van der Waals surface area contributed by atoms with Crippen LogP contribution in [0.15, 0.2) is 106 Å². The number of benzene rings is 3. The van der Waals surface area contributed by atoms with Gasteiger partial charge in [-0.1, -0.05) is 60.3 Å². The number of rotatable bonds is 5. The van der Waals surface area contributed by atoms with E-state index in [0.717, 1.165) is 43.1 Å². The number of ether oxygens (including phenoxy) is 1. The van der Waals surface area contributed by atoms with Gasteiger partial charge in [0.15, 0.2) is 5.75 Å². The van der Waals surface area contributed by atoms with E-state index in [1.54, 1.807) is 6.20 Å². The van der Waals surface area contributed by atoms with Crippen molar-refractivity contribution in [1.82, 2.24) is 9.97 Å². The third-order valence-electron chi connectivity index (χ3n) is 4.66. The molecule has 0 fully saturated rings. The van der Waals surface area contributed by atoms with Gasteiger partial charge in [0.05, 0.1) is 20.8 Å². The van der Waals surface area contributed by atoms with E-state index in [-0.39, 0.29) is 0 Å². The lowest BCUT2D eigenvalue weighted by Crippen LogP contribution is -1.92. The summed E-state index contributed by atoms with van der Waals surface area (Å²) in [5.74, 6) is 1.50. The fraction of sp³-hybridized carbons (Fsp3) is 0. The molecular formula is C24H16N2O2S2. The number of pyridine rings is 2. The topological polar surface area (TPSA) is 55.2 Å². The summed E-state index contributed by atoms with van der Waals surface area (Å²) in [6, 6.07) is 25.5. The average Bonchev–Trinajstić information content (AvgIpc) is 2.81. The van der Waals surface area contributed by atoms with Crippen molar-refractivity contribution in [1.29, 1.82) is 0 Å². The van der Waals surface area contributed by atoms with Gasteiger partial charge in [0, 0.05) is 40.1 Å². The second-order valence-corrected chi connectivity index (χ2v) is 8.22. The first-order valence-corrected chi connectivity index (χ1v) is 10.9. The van der Waals surface area contributed by atoms with Crippen LogP contribution >= 0.6 is 23.8 Å². The SMILES string of the molecule is OSc1cnc2ccccc2c1Sc1cnc2ccccc2c1Oc1ccccc1. The zero-order chi connectivity index (χ0) is 20.3. The molecule has 4 nitrogen and oxygen atoms in total. The Morgan fingerprint density at radius 1 is 0.667 bits per heavy atom. The fourth-order valence-corrected chi connectivity index (χ4v) is 4.80. The molecule has 146 valence electrons. The highest BCUT2D eigenvalue weighted by molar-refractivity contribution is 8.01. The number of hydrogen-bond donors (Lipinski definition) is 1. The number of aromatic nitrogens is 2. The van der Waals surface area contributed by atoms with Crippen molar-refractivity contribution in [2.75, 3.05) is 0 Å². The standard InChI is InChI=1S/C24H16N2O2S2/c27-30-22-15-26-20-13-7-5-11-18(20)24(22)29-21-14-25-19-12-6-4-10-17(19)23(21)28-16-8-2-1-3-9-16/h1-15,27H. The summed E-state index contributed by atoms with van der Waals surface area (Å²) in [5.41, 5.74) is 1.74. The number of para-hydroxylation sites is 3. The van der Waals surface area contributed by atoms with Crippen molar-refractivity contribution in [3.63, 3.8) is 0 Å². The van der Waals surface area contributed by atoms with Crippen molar-refractivity contribution in [3.05, 3.63) is 91.3 Å². The molecule has 30 heavy (non-hydrogen) atoms. The van der Waals surface area contributed by atoms with E-state index in [0.29, 0.717) is 16.9 Å². The fourth-order valence-electron chi connectivity index (χ4n) is 3.26. The van der Waals surface area contributed by atoms with E-state index in [2.05, 4.69) is 9.97 Å². The number of hydrogen-bond acceptors (Lipinski definition) is 6.